The molecule has 0 aromatic carbocycles. The van der Waals surface area contributed by atoms with E-state index in [-0.39, 0.29) is 18.3 Å². The molecule has 2 amide bonds. The van der Waals surface area contributed by atoms with Crippen molar-refractivity contribution in [1.29, 1.82) is 0 Å². The average Bonchev–Trinajstić information content (AvgIpc) is 2.72. The van der Waals surface area contributed by atoms with Gasteiger partial charge in [0.2, 0.25) is 11.8 Å². The number of amides is 2. The Morgan fingerprint density at radius 3 is 2.04 bits per heavy atom. The molecule has 3 rings (SSSR count). The molecule has 2 saturated heterocycles. The summed E-state index contributed by atoms with van der Waals surface area (Å²) in [7, 11) is 0. The van der Waals surface area contributed by atoms with E-state index in [1.54, 1.807) is 0 Å². The van der Waals surface area contributed by atoms with Crippen LogP contribution in [0.2, 0.25) is 0 Å². The summed E-state index contributed by atoms with van der Waals surface area (Å²) >= 11 is 0. The first-order valence-electron chi connectivity index (χ1n) is 10.7. The van der Waals surface area contributed by atoms with Crippen molar-refractivity contribution < 1.29 is 9.59 Å². The van der Waals surface area contributed by atoms with E-state index < -0.39 is 0 Å². The fraction of sp³-hybridized carbons (Fsp3) is 0.900. The molecule has 0 bridgehead atoms. The van der Waals surface area contributed by atoms with E-state index >= 15 is 0 Å². The molecular weight excluding hydrogens is 364 g/mol. The van der Waals surface area contributed by atoms with Crippen LogP contribution in [0.1, 0.15) is 51.4 Å². The summed E-state index contributed by atoms with van der Waals surface area (Å²) in [5.41, 5.74) is 0. The number of piperazine rings is 2. The molecule has 3 fully saturated rings. The van der Waals surface area contributed by atoms with Crippen LogP contribution in [0.3, 0.4) is 0 Å². The first-order valence-corrected chi connectivity index (χ1v) is 10.7. The van der Waals surface area contributed by atoms with Crippen LogP contribution in [0.15, 0.2) is 0 Å². The summed E-state index contributed by atoms with van der Waals surface area (Å²) in [4.78, 5) is 31.1. The van der Waals surface area contributed by atoms with Crippen molar-refractivity contribution in [2.75, 3.05) is 58.9 Å². The maximum absolute atomic E-state index is 12.5. The van der Waals surface area contributed by atoms with Gasteiger partial charge in [-0.25, -0.2) is 0 Å². The zero-order valence-electron chi connectivity index (χ0n) is 16.7. The molecule has 0 aromatic rings. The van der Waals surface area contributed by atoms with Crippen molar-refractivity contribution >= 4 is 24.2 Å². The van der Waals surface area contributed by atoms with Gasteiger partial charge in [-0.2, -0.15) is 0 Å². The molecular formula is C20H37ClN4O2. The Hall–Kier alpha value is -0.850. The fourth-order valence-electron chi connectivity index (χ4n) is 4.51. The topological polar surface area (TPSA) is 55.9 Å². The number of carbonyl (C=O) groups is 2. The highest BCUT2D eigenvalue weighted by Crippen LogP contribution is 2.27. The van der Waals surface area contributed by atoms with Gasteiger partial charge in [0.15, 0.2) is 0 Å². The summed E-state index contributed by atoms with van der Waals surface area (Å²) in [5, 5.41) is 3.28. The molecule has 0 spiro atoms. The van der Waals surface area contributed by atoms with E-state index in [2.05, 4.69) is 10.2 Å². The molecule has 2 heterocycles. The van der Waals surface area contributed by atoms with Gasteiger partial charge in [0.05, 0.1) is 0 Å². The SMILES string of the molecule is Cl.O=C(CCN1CCN(C(=O)CCC2CCCCC2)CC1)N1CCNCC1. The normalized spacial score (nSPS) is 22.4. The van der Waals surface area contributed by atoms with Gasteiger partial charge in [0.1, 0.15) is 0 Å². The maximum Gasteiger partial charge on any atom is 0.223 e. The van der Waals surface area contributed by atoms with Gasteiger partial charge in [0, 0.05) is 71.7 Å². The smallest absolute Gasteiger partial charge is 0.223 e. The zero-order valence-corrected chi connectivity index (χ0v) is 17.5. The molecule has 27 heavy (non-hydrogen) atoms. The third-order valence-electron chi connectivity index (χ3n) is 6.33. The predicted octanol–water partition coefficient (Wildman–Crippen LogP) is 1.73. The molecule has 0 unspecified atom stereocenters. The van der Waals surface area contributed by atoms with E-state index in [9.17, 15) is 9.59 Å². The summed E-state index contributed by atoms with van der Waals surface area (Å²) in [6, 6.07) is 0. The Bertz CT molecular complexity index is 457. The Morgan fingerprint density at radius 1 is 0.778 bits per heavy atom. The Kier molecular flexibility index (Phi) is 9.87. The number of halogens is 1. The lowest BCUT2D eigenvalue weighted by Crippen LogP contribution is -2.50. The maximum atomic E-state index is 12.5. The Labute approximate surface area is 170 Å². The predicted molar refractivity (Wildman–Crippen MR) is 110 cm³/mol. The minimum atomic E-state index is 0. The lowest BCUT2D eigenvalue weighted by atomic mass is 9.86. The summed E-state index contributed by atoms with van der Waals surface area (Å²) in [6.45, 7) is 7.78. The molecule has 156 valence electrons. The van der Waals surface area contributed by atoms with E-state index in [1.807, 2.05) is 9.80 Å². The molecule has 2 aliphatic heterocycles. The van der Waals surface area contributed by atoms with Gasteiger partial charge in [-0.1, -0.05) is 32.1 Å². The molecule has 1 N–H and O–H groups in total. The Balaban J connectivity index is 0.00000261. The average molecular weight is 401 g/mol. The number of carbonyl (C=O) groups excluding carboxylic acids is 2. The van der Waals surface area contributed by atoms with Gasteiger partial charge < -0.3 is 15.1 Å². The van der Waals surface area contributed by atoms with Crippen LogP contribution in [0.25, 0.3) is 0 Å². The molecule has 7 heteroatoms. The van der Waals surface area contributed by atoms with Crippen molar-refractivity contribution in [1.82, 2.24) is 20.0 Å². The van der Waals surface area contributed by atoms with Gasteiger partial charge in [-0.05, 0) is 12.3 Å². The molecule has 0 aromatic heterocycles. The molecule has 0 radical (unpaired) electrons. The lowest BCUT2D eigenvalue weighted by Gasteiger charge is -2.35. The third kappa shape index (κ3) is 7.24. The molecule has 1 saturated carbocycles. The second kappa shape index (κ2) is 11.9. The number of hydrogen-bond acceptors (Lipinski definition) is 4. The summed E-state index contributed by atoms with van der Waals surface area (Å²) in [6.07, 6.45) is 9.14. The minimum absolute atomic E-state index is 0. The van der Waals surface area contributed by atoms with Crippen LogP contribution >= 0.6 is 12.4 Å². The third-order valence-corrected chi connectivity index (χ3v) is 6.33. The molecule has 0 atom stereocenters. The Morgan fingerprint density at radius 2 is 1.37 bits per heavy atom. The summed E-state index contributed by atoms with van der Waals surface area (Å²) < 4.78 is 0. The largest absolute Gasteiger partial charge is 0.340 e. The van der Waals surface area contributed by atoms with Crippen molar-refractivity contribution in [3.8, 4) is 0 Å². The molecule has 6 nitrogen and oxygen atoms in total. The van der Waals surface area contributed by atoms with Crippen LogP contribution in [0, 0.1) is 5.92 Å². The van der Waals surface area contributed by atoms with Crippen LogP contribution in [-0.2, 0) is 9.59 Å². The van der Waals surface area contributed by atoms with E-state index in [4.69, 9.17) is 0 Å². The summed E-state index contributed by atoms with van der Waals surface area (Å²) in [5.74, 6) is 1.40. The van der Waals surface area contributed by atoms with Gasteiger partial charge in [-0.15, -0.1) is 12.4 Å². The second-order valence-corrected chi connectivity index (χ2v) is 8.15. The minimum Gasteiger partial charge on any atom is -0.340 e. The van der Waals surface area contributed by atoms with Crippen molar-refractivity contribution in [2.24, 2.45) is 5.92 Å². The van der Waals surface area contributed by atoms with Crippen LogP contribution in [0.5, 0.6) is 0 Å². The highest BCUT2D eigenvalue weighted by atomic mass is 35.5. The van der Waals surface area contributed by atoms with Gasteiger partial charge >= 0.3 is 0 Å². The van der Waals surface area contributed by atoms with Crippen molar-refractivity contribution in [3.63, 3.8) is 0 Å². The highest BCUT2D eigenvalue weighted by Gasteiger charge is 2.23. The van der Waals surface area contributed by atoms with E-state index in [1.165, 1.54) is 32.1 Å². The van der Waals surface area contributed by atoms with Gasteiger partial charge in [-0.3, -0.25) is 14.5 Å². The number of rotatable bonds is 6. The number of hydrogen-bond donors (Lipinski definition) is 1. The van der Waals surface area contributed by atoms with Crippen LogP contribution < -0.4 is 5.32 Å². The first kappa shape index (κ1) is 22.4. The van der Waals surface area contributed by atoms with Crippen LogP contribution in [-0.4, -0.2) is 85.4 Å². The van der Waals surface area contributed by atoms with Crippen molar-refractivity contribution in [2.45, 2.75) is 51.4 Å². The molecule has 1 aliphatic carbocycles. The molecule has 3 aliphatic rings. The number of nitrogens with one attached hydrogen (secondary N) is 1. The first-order chi connectivity index (χ1) is 12.7. The lowest BCUT2D eigenvalue weighted by molar-refractivity contribution is -0.135. The number of nitrogens with zero attached hydrogens (tertiary/aromatic N) is 3. The standard InChI is InChI=1S/C20H36N4O2.ClH/c25-19(7-6-18-4-2-1-3-5-18)24-16-14-22(15-17-24)11-8-20(26)23-12-9-21-10-13-23;/h18,21H,1-17H2;1H. The van der Waals surface area contributed by atoms with E-state index in [0.29, 0.717) is 12.3 Å². The van der Waals surface area contributed by atoms with E-state index in [0.717, 1.165) is 77.7 Å². The fourth-order valence-corrected chi connectivity index (χ4v) is 4.51. The second-order valence-electron chi connectivity index (χ2n) is 8.15. The van der Waals surface area contributed by atoms with Crippen LogP contribution in [0.4, 0.5) is 0 Å². The quantitative estimate of drug-likeness (QED) is 0.737. The highest BCUT2D eigenvalue weighted by molar-refractivity contribution is 5.85. The monoisotopic (exact) mass is 400 g/mol. The zero-order chi connectivity index (χ0) is 18.2. The van der Waals surface area contributed by atoms with Crippen molar-refractivity contribution in [3.05, 3.63) is 0 Å². The van der Waals surface area contributed by atoms with Gasteiger partial charge in [0.25, 0.3) is 0 Å².